The van der Waals surface area contributed by atoms with Gasteiger partial charge in [0, 0.05) is 19.4 Å². The van der Waals surface area contributed by atoms with Crippen molar-refractivity contribution in [2.75, 3.05) is 6.54 Å². The van der Waals surface area contributed by atoms with Gasteiger partial charge in [0.15, 0.2) is 0 Å². The van der Waals surface area contributed by atoms with Crippen molar-refractivity contribution >= 4 is 11.8 Å². The Kier molecular flexibility index (Phi) is 3.28. The van der Waals surface area contributed by atoms with Gasteiger partial charge in [0.25, 0.3) is 5.91 Å². The fourth-order valence-electron chi connectivity index (χ4n) is 1.99. The predicted octanol–water partition coefficient (Wildman–Crippen LogP) is -1.57. The smallest absolute Gasteiger partial charge is 0.294 e. The lowest BCUT2D eigenvalue weighted by atomic mass is 10.2. The summed E-state index contributed by atoms with van der Waals surface area (Å²) >= 11 is 0. The Bertz CT molecular complexity index is 472. The Morgan fingerprint density at radius 3 is 2.89 bits per heavy atom. The molecule has 2 heterocycles. The van der Waals surface area contributed by atoms with E-state index in [0.29, 0.717) is 12.2 Å². The number of hydrogen-bond donors (Lipinski definition) is 3. The Balaban J connectivity index is 2.19. The van der Waals surface area contributed by atoms with Crippen LogP contribution in [0.15, 0.2) is 0 Å². The zero-order valence-electron chi connectivity index (χ0n) is 9.96. The molecule has 0 aliphatic carbocycles. The number of nitrogens with zero attached hydrogens (tertiary/aromatic N) is 3. The molecule has 2 rings (SSSR count). The van der Waals surface area contributed by atoms with Gasteiger partial charge in [0.05, 0.1) is 6.10 Å². The summed E-state index contributed by atoms with van der Waals surface area (Å²) in [6, 6.07) is -0.795. The van der Waals surface area contributed by atoms with Gasteiger partial charge in [0.1, 0.15) is 11.9 Å². The fourth-order valence-corrected chi connectivity index (χ4v) is 1.99. The van der Waals surface area contributed by atoms with Crippen molar-refractivity contribution in [1.29, 1.82) is 0 Å². The summed E-state index contributed by atoms with van der Waals surface area (Å²) in [6.07, 6.45) is 0.0462. The van der Waals surface area contributed by atoms with Crippen molar-refractivity contribution in [2.45, 2.75) is 31.9 Å². The number of aromatic nitrogens is 3. The van der Waals surface area contributed by atoms with Crippen LogP contribution in [0.5, 0.6) is 0 Å². The van der Waals surface area contributed by atoms with Crippen molar-refractivity contribution in [3.05, 3.63) is 11.6 Å². The first-order valence-electron chi connectivity index (χ1n) is 5.72. The number of nitrogens with two attached hydrogens (primary N) is 1. The maximum Gasteiger partial charge on any atom is 0.294 e. The highest BCUT2D eigenvalue weighted by Crippen LogP contribution is 2.19. The quantitative estimate of drug-likeness (QED) is 0.600. The number of aryl methyl sites for hydroxylation is 1. The summed E-state index contributed by atoms with van der Waals surface area (Å²) in [5.74, 6) is -0.543. The zero-order valence-corrected chi connectivity index (χ0v) is 9.96. The van der Waals surface area contributed by atoms with Gasteiger partial charge in [-0.25, -0.2) is 4.98 Å². The third kappa shape index (κ3) is 2.19. The van der Waals surface area contributed by atoms with Crippen LogP contribution in [0.2, 0.25) is 0 Å². The lowest BCUT2D eigenvalue weighted by Gasteiger charge is -2.19. The van der Waals surface area contributed by atoms with Gasteiger partial charge in [-0.2, -0.15) is 0 Å². The van der Waals surface area contributed by atoms with Gasteiger partial charge in [-0.15, -0.1) is 5.10 Å². The number of rotatable bonds is 3. The summed E-state index contributed by atoms with van der Waals surface area (Å²) in [6.45, 7) is 1.95. The van der Waals surface area contributed by atoms with E-state index in [9.17, 15) is 14.7 Å². The topological polar surface area (TPSA) is 125 Å². The van der Waals surface area contributed by atoms with E-state index in [4.69, 9.17) is 5.73 Å². The maximum absolute atomic E-state index is 12.1. The summed E-state index contributed by atoms with van der Waals surface area (Å²) in [5, 5.41) is 15.9. The molecule has 1 aromatic rings. The molecule has 4 N–H and O–H groups in total. The van der Waals surface area contributed by atoms with Crippen LogP contribution in [0.25, 0.3) is 0 Å². The van der Waals surface area contributed by atoms with E-state index in [2.05, 4.69) is 15.2 Å². The third-order valence-electron chi connectivity index (χ3n) is 2.93. The number of likely N-dealkylation sites (tertiary alicyclic amines) is 1. The summed E-state index contributed by atoms with van der Waals surface area (Å²) in [5.41, 5.74) is 5.21. The second-order valence-electron chi connectivity index (χ2n) is 4.22. The highest BCUT2D eigenvalue weighted by molar-refractivity contribution is 5.95. The van der Waals surface area contributed by atoms with Crippen LogP contribution in [-0.4, -0.2) is 55.7 Å². The molecule has 2 atom stereocenters. The Morgan fingerprint density at radius 1 is 1.61 bits per heavy atom. The molecule has 0 aromatic carbocycles. The van der Waals surface area contributed by atoms with E-state index in [1.807, 2.05) is 6.92 Å². The molecule has 0 radical (unpaired) electrons. The van der Waals surface area contributed by atoms with Crippen molar-refractivity contribution in [1.82, 2.24) is 20.1 Å². The number of aliphatic hydroxyl groups excluding tert-OH is 1. The second-order valence-corrected chi connectivity index (χ2v) is 4.22. The van der Waals surface area contributed by atoms with E-state index < -0.39 is 24.0 Å². The average molecular weight is 253 g/mol. The molecule has 8 heteroatoms. The van der Waals surface area contributed by atoms with Crippen molar-refractivity contribution in [3.8, 4) is 0 Å². The molecule has 1 aliphatic heterocycles. The van der Waals surface area contributed by atoms with E-state index in [0.717, 1.165) is 0 Å². The molecular formula is C10H15N5O3. The average Bonchev–Trinajstić information content (AvgIpc) is 2.94. The van der Waals surface area contributed by atoms with Gasteiger partial charge >= 0.3 is 0 Å². The van der Waals surface area contributed by atoms with E-state index in [1.54, 1.807) is 0 Å². The number of aliphatic hydroxyl groups is 1. The van der Waals surface area contributed by atoms with Crippen LogP contribution in [-0.2, 0) is 11.2 Å². The number of amides is 2. The molecule has 0 saturated carbocycles. The van der Waals surface area contributed by atoms with Crippen LogP contribution in [0, 0.1) is 0 Å². The zero-order chi connectivity index (χ0) is 13.3. The molecule has 18 heavy (non-hydrogen) atoms. The van der Waals surface area contributed by atoms with E-state index >= 15 is 0 Å². The maximum atomic E-state index is 12.1. The molecule has 8 nitrogen and oxygen atoms in total. The monoisotopic (exact) mass is 253 g/mol. The highest BCUT2D eigenvalue weighted by Gasteiger charge is 2.39. The first-order chi connectivity index (χ1) is 8.52. The lowest BCUT2D eigenvalue weighted by molar-refractivity contribution is -0.121. The van der Waals surface area contributed by atoms with Crippen molar-refractivity contribution in [2.24, 2.45) is 5.73 Å². The van der Waals surface area contributed by atoms with Gasteiger partial charge in [-0.05, 0) is 0 Å². The van der Waals surface area contributed by atoms with Crippen LogP contribution >= 0.6 is 0 Å². The van der Waals surface area contributed by atoms with Crippen molar-refractivity contribution < 1.29 is 14.7 Å². The number of H-pyrrole nitrogens is 1. The summed E-state index contributed by atoms with van der Waals surface area (Å²) < 4.78 is 0. The Labute approximate surface area is 103 Å². The fraction of sp³-hybridized carbons (Fsp3) is 0.600. The SMILES string of the molecule is CCc1nc(C(=O)N2CC(O)CC2C(N)=O)n[nH]1. The number of carbonyl (C=O) groups excluding carboxylic acids is 2. The lowest BCUT2D eigenvalue weighted by Crippen LogP contribution is -2.44. The number of primary amides is 1. The third-order valence-corrected chi connectivity index (χ3v) is 2.93. The van der Waals surface area contributed by atoms with Crippen LogP contribution < -0.4 is 5.73 Å². The first-order valence-corrected chi connectivity index (χ1v) is 5.72. The minimum atomic E-state index is -0.795. The number of hydrogen-bond acceptors (Lipinski definition) is 5. The molecule has 1 aromatic heterocycles. The van der Waals surface area contributed by atoms with Crippen LogP contribution in [0.4, 0.5) is 0 Å². The standard InChI is InChI=1S/C10H15N5O3/c1-2-7-12-9(14-13-7)10(18)15-4-5(16)3-6(15)8(11)17/h5-6,16H,2-4H2,1H3,(H2,11,17)(H,12,13,14). The summed E-state index contributed by atoms with van der Waals surface area (Å²) in [4.78, 5) is 28.5. The summed E-state index contributed by atoms with van der Waals surface area (Å²) in [7, 11) is 0. The van der Waals surface area contributed by atoms with Gasteiger partial charge in [0.2, 0.25) is 11.7 Å². The van der Waals surface area contributed by atoms with Gasteiger partial charge in [-0.1, -0.05) is 6.92 Å². The van der Waals surface area contributed by atoms with Crippen LogP contribution in [0.3, 0.4) is 0 Å². The number of aromatic amines is 1. The molecule has 1 aliphatic rings. The second kappa shape index (κ2) is 4.73. The van der Waals surface area contributed by atoms with E-state index in [1.165, 1.54) is 4.90 Å². The molecule has 0 spiro atoms. The van der Waals surface area contributed by atoms with E-state index in [-0.39, 0.29) is 18.8 Å². The minimum absolute atomic E-state index is 0.00722. The Hall–Kier alpha value is -1.96. The molecule has 1 saturated heterocycles. The normalized spacial score (nSPS) is 23.3. The molecular weight excluding hydrogens is 238 g/mol. The van der Waals surface area contributed by atoms with Crippen molar-refractivity contribution in [3.63, 3.8) is 0 Å². The minimum Gasteiger partial charge on any atom is -0.391 e. The number of β-amino-alcohol motifs (C(OH)–C–C–N with tert-alkyl or cyclic N) is 1. The predicted molar refractivity (Wildman–Crippen MR) is 60.4 cm³/mol. The molecule has 2 amide bonds. The molecule has 98 valence electrons. The largest absolute Gasteiger partial charge is 0.391 e. The number of nitrogens with one attached hydrogen (secondary N) is 1. The molecule has 2 unspecified atom stereocenters. The Morgan fingerprint density at radius 2 is 2.33 bits per heavy atom. The molecule has 1 fully saturated rings. The highest BCUT2D eigenvalue weighted by atomic mass is 16.3. The number of carbonyl (C=O) groups is 2. The first kappa shape index (κ1) is 12.5. The van der Waals surface area contributed by atoms with Gasteiger partial charge < -0.3 is 15.7 Å². The van der Waals surface area contributed by atoms with Gasteiger partial charge in [-0.3, -0.25) is 14.7 Å². The molecule has 0 bridgehead atoms. The van der Waals surface area contributed by atoms with Crippen LogP contribution in [0.1, 0.15) is 29.8 Å².